The van der Waals surface area contributed by atoms with Gasteiger partial charge in [-0.05, 0) is 25.1 Å². The fourth-order valence-electron chi connectivity index (χ4n) is 5.17. The summed E-state index contributed by atoms with van der Waals surface area (Å²) >= 11 is 1.71. The van der Waals surface area contributed by atoms with E-state index in [1.165, 1.54) is 15.1 Å². The SMILES string of the molecule is Cc1nc2ccc(N3CCN(CCC(=O)c4nn(C)c5c4C(=O)c4ccccc4C5=O)CC3)cc2s1. The molecule has 2 aliphatic rings. The molecule has 182 valence electrons. The van der Waals surface area contributed by atoms with Crippen LogP contribution in [0.1, 0.15) is 53.9 Å². The highest BCUT2D eigenvalue weighted by molar-refractivity contribution is 7.18. The third-order valence-electron chi connectivity index (χ3n) is 7.04. The van der Waals surface area contributed by atoms with Crippen LogP contribution in [0.15, 0.2) is 42.5 Å². The smallest absolute Gasteiger partial charge is 0.212 e. The molecule has 0 spiro atoms. The minimum Gasteiger partial charge on any atom is -0.369 e. The second kappa shape index (κ2) is 8.76. The van der Waals surface area contributed by atoms with Crippen LogP contribution in [0.3, 0.4) is 0 Å². The maximum Gasteiger partial charge on any atom is 0.212 e. The standard InChI is InChI=1S/C27H25N5O3S/c1-16-28-20-8-7-17(15-22(20)36-16)32-13-11-31(12-14-32)10-9-21(33)24-23-25(30(2)29-24)27(35)19-6-4-3-5-18(19)26(23)34/h3-8,15H,9-14H2,1-2H3. The third kappa shape index (κ3) is 3.75. The zero-order valence-corrected chi connectivity index (χ0v) is 21.0. The first kappa shape index (κ1) is 22.8. The van der Waals surface area contributed by atoms with E-state index in [0.717, 1.165) is 36.7 Å². The van der Waals surface area contributed by atoms with Gasteiger partial charge in [-0.15, -0.1) is 11.3 Å². The van der Waals surface area contributed by atoms with Crippen LogP contribution in [0.4, 0.5) is 5.69 Å². The van der Waals surface area contributed by atoms with Gasteiger partial charge in [0.05, 0.1) is 20.8 Å². The van der Waals surface area contributed by atoms with E-state index in [2.05, 4.69) is 38.1 Å². The van der Waals surface area contributed by atoms with Gasteiger partial charge in [0.25, 0.3) is 0 Å². The largest absolute Gasteiger partial charge is 0.369 e. The van der Waals surface area contributed by atoms with Crippen LogP contribution < -0.4 is 4.90 Å². The molecule has 1 fully saturated rings. The van der Waals surface area contributed by atoms with E-state index in [1.54, 1.807) is 42.6 Å². The first-order valence-corrected chi connectivity index (χ1v) is 12.9. The number of Topliss-reactive ketones (excluding diaryl/α,β-unsaturated/α-hetero) is 1. The van der Waals surface area contributed by atoms with Crippen molar-refractivity contribution in [3.05, 3.63) is 75.6 Å². The van der Waals surface area contributed by atoms with Gasteiger partial charge in [-0.25, -0.2) is 4.98 Å². The van der Waals surface area contributed by atoms with E-state index in [-0.39, 0.29) is 40.7 Å². The molecule has 6 rings (SSSR count). The summed E-state index contributed by atoms with van der Waals surface area (Å²) in [5.41, 5.74) is 3.38. The molecule has 0 unspecified atom stereocenters. The quantitative estimate of drug-likeness (QED) is 0.342. The fourth-order valence-corrected chi connectivity index (χ4v) is 6.03. The van der Waals surface area contributed by atoms with E-state index in [4.69, 9.17) is 0 Å². The van der Waals surface area contributed by atoms with Gasteiger partial charge in [0.2, 0.25) is 5.78 Å². The van der Waals surface area contributed by atoms with E-state index in [1.807, 2.05) is 6.92 Å². The van der Waals surface area contributed by atoms with Crippen molar-refractivity contribution in [2.45, 2.75) is 13.3 Å². The topological polar surface area (TPSA) is 88.4 Å². The van der Waals surface area contributed by atoms with Crippen molar-refractivity contribution in [2.24, 2.45) is 7.05 Å². The van der Waals surface area contributed by atoms with Gasteiger partial charge in [0.1, 0.15) is 11.4 Å². The minimum atomic E-state index is -0.307. The number of piperazine rings is 1. The molecule has 4 aromatic rings. The zero-order chi connectivity index (χ0) is 25.0. The minimum absolute atomic E-state index is 0.104. The molecule has 0 amide bonds. The second-order valence-electron chi connectivity index (χ2n) is 9.29. The molecule has 0 atom stereocenters. The Morgan fingerprint density at radius 3 is 2.47 bits per heavy atom. The second-order valence-corrected chi connectivity index (χ2v) is 10.5. The van der Waals surface area contributed by atoms with Crippen molar-refractivity contribution in [3.8, 4) is 0 Å². The first-order valence-electron chi connectivity index (χ1n) is 12.0. The molecular formula is C27H25N5O3S. The van der Waals surface area contributed by atoms with Crippen molar-refractivity contribution in [2.75, 3.05) is 37.6 Å². The number of fused-ring (bicyclic) bond motifs is 3. The summed E-state index contributed by atoms with van der Waals surface area (Å²) in [5.74, 6) is -0.781. The third-order valence-corrected chi connectivity index (χ3v) is 7.97. The number of aromatic nitrogens is 3. The van der Waals surface area contributed by atoms with E-state index in [0.29, 0.717) is 17.7 Å². The van der Waals surface area contributed by atoms with Crippen LogP contribution in [0, 0.1) is 6.92 Å². The van der Waals surface area contributed by atoms with Gasteiger partial charge < -0.3 is 4.90 Å². The first-order chi connectivity index (χ1) is 17.4. The Hall–Kier alpha value is -3.69. The molecule has 0 N–H and O–H groups in total. The van der Waals surface area contributed by atoms with Crippen LogP contribution in [0.25, 0.3) is 10.2 Å². The summed E-state index contributed by atoms with van der Waals surface area (Å²) in [7, 11) is 1.61. The van der Waals surface area contributed by atoms with Gasteiger partial charge >= 0.3 is 0 Å². The maximum atomic E-state index is 13.2. The highest BCUT2D eigenvalue weighted by atomic mass is 32.1. The van der Waals surface area contributed by atoms with Crippen LogP contribution >= 0.6 is 11.3 Å². The molecule has 1 aliphatic heterocycles. The van der Waals surface area contributed by atoms with Crippen molar-refractivity contribution >= 4 is 44.6 Å². The predicted molar refractivity (Wildman–Crippen MR) is 138 cm³/mol. The normalized spacial score (nSPS) is 15.9. The van der Waals surface area contributed by atoms with Gasteiger partial charge in [0.15, 0.2) is 11.6 Å². The van der Waals surface area contributed by atoms with Crippen LogP contribution in [-0.4, -0.2) is 69.7 Å². The Labute approximate surface area is 212 Å². The number of ketones is 3. The Bertz CT molecular complexity index is 1540. The molecule has 1 saturated heterocycles. The van der Waals surface area contributed by atoms with Crippen LogP contribution in [-0.2, 0) is 7.05 Å². The molecule has 8 nitrogen and oxygen atoms in total. The summed E-state index contributed by atoms with van der Waals surface area (Å²) in [6.45, 7) is 6.05. The molecule has 0 bridgehead atoms. The van der Waals surface area contributed by atoms with E-state index < -0.39 is 0 Å². The van der Waals surface area contributed by atoms with Gasteiger partial charge in [-0.1, -0.05) is 24.3 Å². The average molecular weight is 500 g/mol. The monoisotopic (exact) mass is 499 g/mol. The summed E-state index contributed by atoms with van der Waals surface area (Å²) in [6, 6.07) is 13.1. The summed E-state index contributed by atoms with van der Waals surface area (Å²) in [4.78, 5) is 48.5. The number of hydrogen-bond acceptors (Lipinski definition) is 8. The maximum absolute atomic E-state index is 13.2. The van der Waals surface area contributed by atoms with Crippen LogP contribution in [0.2, 0.25) is 0 Å². The van der Waals surface area contributed by atoms with Crippen molar-refractivity contribution in [1.29, 1.82) is 0 Å². The van der Waals surface area contributed by atoms with Gasteiger partial charge in [-0.2, -0.15) is 5.10 Å². The molecule has 2 aromatic carbocycles. The highest BCUT2D eigenvalue weighted by Gasteiger charge is 2.37. The van der Waals surface area contributed by atoms with E-state index >= 15 is 0 Å². The molecule has 1 aliphatic carbocycles. The number of nitrogens with zero attached hydrogens (tertiary/aromatic N) is 5. The lowest BCUT2D eigenvalue weighted by Gasteiger charge is -2.36. The average Bonchev–Trinajstić information content (AvgIpc) is 3.44. The fraction of sp³-hybridized carbons (Fsp3) is 0.296. The molecule has 0 radical (unpaired) electrons. The summed E-state index contributed by atoms with van der Waals surface area (Å²) < 4.78 is 2.58. The number of anilines is 1. The molecule has 3 heterocycles. The Morgan fingerprint density at radius 2 is 1.72 bits per heavy atom. The summed E-state index contributed by atoms with van der Waals surface area (Å²) in [5, 5.41) is 5.38. The Balaban J connectivity index is 1.12. The number of thiazole rings is 1. The Kier molecular flexibility index (Phi) is 5.54. The number of carbonyl (C=O) groups excluding carboxylic acids is 3. The number of hydrogen-bond donors (Lipinski definition) is 0. The lowest BCUT2D eigenvalue weighted by atomic mass is 9.86. The molecule has 36 heavy (non-hydrogen) atoms. The number of benzene rings is 2. The summed E-state index contributed by atoms with van der Waals surface area (Å²) in [6.07, 6.45) is 0.249. The van der Waals surface area contributed by atoms with Crippen molar-refractivity contribution in [1.82, 2.24) is 19.7 Å². The van der Waals surface area contributed by atoms with Gasteiger partial charge in [-0.3, -0.25) is 24.0 Å². The molecular weight excluding hydrogens is 474 g/mol. The number of aryl methyl sites for hydroxylation is 2. The lowest BCUT2D eigenvalue weighted by Crippen LogP contribution is -2.46. The number of rotatable bonds is 5. The Morgan fingerprint density at radius 1 is 1.00 bits per heavy atom. The molecule has 9 heteroatoms. The number of carbonyl (C=O) groups is 3. The highest BCUT2D eigenvalue weighted by Crippen LogP contribution is 2.30. The van der Waals surface area contributed by atoms with Gasteiger partial charge in [0, 0.05) is 63.0 Å². The van der Waals surface area contributed by atoms with Crippen molar-refractivity contribution in [3.63, 3.8) is 0 Å². The molecule has 0 saturated carbocycles. The zero-order valence-electron chi connectivity index (χ0n) is 20.2. The molecule has 2 aromatic heterocycles. The predicted octanol–water partition coefficient (Wildman–Crippen LogP) is 3.51. The van der Waals surface area contributed by atoms with Crippen LogP contribution in [0.5, 0.6) is 0 Å². The van der Waals surface area contributed by atoms with Crippen molar-refractivity contribution < 1.29 is 14.4 Å². The lowest BCUT2D eigenvalue weighted by molar-refractivity contribution is 0.0942. The van der Waals surface area contributed by atoms with E-state index in [9.17, 15) is 14.4 Å².